The van der Waals surface area contributed by atoms with Crippen molar-refractivity contribution in [1.29, 1.82) is 0 Å². The molecular formula is C16H17N3OS. The Hall–Kier alpha value is -2.27. The average Bonchev–Trinajstić information content (AvgIpc) is 3.11. The number of hydrogen-bond donors (Lipinski definition) is 2. The van der Waals surface area contributed by atoms with E-state index in [1.165, 1.54) is 0 Å². The van der Waals surface area contributed by atoms with E-state index in [9.17, 15) is 0 Å². The fourth-order valence-corrected chi connectivity index (χ4v) is 2.93. The molecule has 2 N–H and O–H groups in total. The summed E-state index contributed by atoms with van der Waals surface area (Å²) in [5, 5.41) is 7.30. The zero-order chi connectivity index (χ0) is 14.7. The summed E-state index contributed by atoms with van der Waals surface area (Å²) in [6.07, 6.45) is 3.81. The summed E-state index contributed by atoms with van der Waals surface area (Å²) in [5.74, 6) is 0.881. The Morgan fingerprint density at radius 3 is 3.19 bits per heavy atom. The van der Waals surface area contributed by atoms with Crippen LogP contribution in [0.1, 0.15) is 6.92 Å². The zero-order valence-electron chi connectivity index (χ0n) is 11.8. The van der Waals surface area contributed by atoms with Crippen molar-refractivity contribution >= 4 is 27.4 Å². The fraction of sp³-hybridized carbons (Fsp3) is 0.188. The largest absolute Gasteiger partial charge is 0.494 e. The van der Waals surface area contributed by atoms with Crippen LogP contribution in [0.25, 0.3) is 22.2 Å². The lowest BCUT2D eigenvalue weighted by Crippen LogP contribution is -1.96. The molecule has 2 aromatic heterocycles. The Kier molecular flexibility index (Phi) is 3.92. The summed E-state index contributed by atoms with van der Waals surface area (Å²) in [7, 11) is 0. The molecule has 0 atom stereocenters. The third-order valence-electron chi connectivity index (χ3n) is 3.14. The smallest absolute Gasteiger partial charge is 0.183 e. The second-order valence-corrected chi connectivity index (χ2v) is 5.41. The number of H-pyrrole nitrogens is 1. The highest BCUT2D eigenvalue weighted by atomic mass is 32.1. The van der Waals surface area contributed by atoms with Crippen LogP contribution in [0.4, 0.5) is 5.13 Å². The number of hydrogen-bond acceptors (Lipinski definition) is 4. The molecule has 108 valence electrons. The third kappa shape index (κ3) is 2.78. The molecule has 1 aromatic carbocycles. The van der Waals surface area contributed by atoms with E-state index in [4.69, 9.17) is 4.74 Å². The van der Waals surface area contributed by atoms with Crippen LogP contribution in [0.3, 0.4) is 0 Å². The number of nitrogens with zero attached hydrogens (tertiary/aromatic N) is 1. The molecule has 0 saturated carbocycles. The predicted molar refractivity (Wildman–Crippen MR) is 89.3 cm³/mol. The molecule has 2 heterocycles. The second-order valence-electron chi connectivity index (χ2n) is 4.55. The standard InChI is InChI=1S/C16H17N3OS/c1-3-7-17-16-19-15(10-21-16)13-9-18-14-6-5-11(20-4-2)8-12(13)14/h3,5-6,8-10,18H,1,4,7H2,2H3,(H,17,19). The van der Waals surface area contributed by atoms with Crippen molar-refractivity contribution in [3.8, 4) is 17.0 Å². The highest BCUT2D eigenvalue weighted by Crippen LogP contribution is 2.33. The molecule has 5 heteroatoms. The van der Waals surface area contributed by atoms with E-state index in [0.717, 1.165) is 39.6 Å². The van der Waals surface area contributed by atoms with E-state index in [1.807, 2.05) is 31.3 Å². The normalized spacial score (nSPS) is 10.7. The number of fused-ring (bicyclic) bond motifs is 1. The first-order chi connectivity index (χ1) is 10.3. The third-order valence-corrected chi connectivity index (χ3v) is 3.94. The molecule has 3 rings (SSSR count). The van der Waals surface area contributed by atoms with Gasteiger partial charge in [0, 0.05) is 34.6 Å². The van der Waals surface area contributed by atoms with Crippen molar-refractivity contribution in [1.82, 2.24) is 9.97 Å². The first kappa shape index (κ1) is 13.7. The van der Waals surface area contributed by atoms with E-state index in [2.05, 4.69) is 33.3 Å². The quantitative estimate of drug-likeness (QED) is 0.668. The molecule has 21 heavy (non-hydrogen) atoms. The number of nitrogens with one attached hydrogen (secondary N) is 2. The second kappa shape index (κ2) is 6.01. The summed E-state index contributed by atoms with van der Waals surface area (Å²) in [5.41, 5.74) is 3.14. The van der Waals surface area contributed by atoms with E-state index in [-0.39, 0.29) is 0 Å². The van der Waals surface area contributed by atoms with Gasteiger partial charge in [0.15, 0.2) is 5.13 Å². The lowest BCUT2D eigenvalue weighted by molar-refractivity contribution is 0.341. The molecule has 4 nitrogen and oxygen atoms in total. The van der Waals surface area contributed by atoms with Crippen molar-refractivity contribution in [2.24, 2.45) is 0 Å². The zero-order valence-corrected chi connectivity index (χ0v) is 12.7. The molecule has 0 amide bonds. The van der Waals surface area contributed by atoms with E-state index < -0.39 is 0 Å². The SMILES string of the molecule is C=CCNc1nc(-c2c[nH]c3ccc(OCC)cc23)cs1. The van der Waals surface area contributed by atoms with Gasteiger partial charge in [0.2, 0.25) is 0 Å². The van der Waals surface area contributed by atoms with Gasteiger partial charge in [-0.15, -0.1) is 17.9 Å². The van der Waals surface area contributed by atoms with Gasteiger partial charge in [-0.05, 0) is 25.1 Å². The van der Waals surface area contributed by atoms with Crippen LogP contribution >= 0.6 is 11.3 Å². The Labute approximate surface area is 127 Å². The maximum Gasteiger partial charge on any atom is 0.183 e. The summed E-state index contributed by atoms with van der Waals surface area (Å²) < 4.78 is 5.58. The minimum Gasteiger partial charge on any atom is -0.494 e. The van der Waals surface area contributed by atoms with Gasteiger partial charge in [-0.2, -0.15) is 0 Å². The number of aromatic amines is 1. The molecule has 0 radical (unpaired) electrons. The molecule has 0 spiro atoms. The van der Waals surface area contributed by atoms with Crippen LogP contribution in [0.2, 0.25) is 0 Å². The number of rotatable bonds is 6. The number of ether oxygens (including phenoxy) is 1. The van der Waals surface area contributed by atoms with Gasteiger partial charge in [-0.1, -0.05) is 6.08 Å². The van der Waals surface area contributed by atoms with E-state index in [0.29, 0.717) is 6.61 Å². The van der Waals surface area contributed by atoms with Crippen LogP contribution in [-0.4, -0.2) is 23.1 Å². The van der Waals surface area contributed by atoms with Crippen LogP contribution in [0, 0.1) is 0 Å². The predicted octanol–water partition coefficient (Wildman–Crippen LogP) is 4.29. The van der Waals surface area contributed by atoms with E-state index >= 15 is 0 Å². The number of aromatic nitrogens is 2. The molecule has 0 bridgehead atoms. The van der Waals surface area contributed by atoms with Gasteiger partial charge in [0.25, 0.3) is 0 Å². The first-order valence-electron chi connectivity index (χ1n) is 6.86. The molecule has 0 aliphatic carbocycles. The van der Waals surface area contributed by atoms with Crippen LogP contribution in [0.15, 0.2) is 42.4 Å². The van der Waals surface area contributed by atoms with Crippen molar-refractivity contribution in [2.45, 2.75) is 6.92 Å². The Morgan fingerprint density at radius 2 is 2.38 bits per heavy atom. The molecule has 0 saturated heterocycles. The van der Waals surface area contributed by atoms with Crippen LogP contribution < -0.4 is 10.1 Å². The van der Waals surface area contributed by atoms with Gasteiger partial charge in [0.05, 0.1) is 12.3 Å². The Balaban J connectivity index is 1.97. The van der Waals surface area contributed by atoms with Crippen molar-refractivity contribution in [2.75, 3.05) is 18.5 Å². The van der Waals surface area contributed by atoms with Gasteiger partial charge in [-0.25, -0.2) is 4.98 Å². The van der Waals surface area contributed by atoms with Gasteiger partial charge in [0.1, 0.15) is 5.75 Å². The molecule has 3 aromatic rings. The maximum atomic E-state index is 5.58. The first-order valence-corrected chi connectivity index (χ1v) is 7.74. The highest BCUT2D eigenvalue weighted by molar-refractivity contribution is 7.14. The van der Waals surface area contributed by atoms with Crippen LogP contribution in [0.5, 0.6) is 5.75 Å². The van der Waals surface area contributed by atoms with Crippen molar-refractivity contribution in [3.05, 3.63) is 42.4 Å². The Bertz CT molecular complexity index is 760. The van der Waals surface area contributed by atoms with Crippen LogP contribution in [-0.2, 0) is 0 Å². The molecule has 0 unspecified atom stereocenters. The highest BCUT2D eigenvalue weighted by Gasteiger charge is 2.10. The topological polar surface area (TPSA) is 49.9 Å². The van der Waals surface area contributed by atoms with Gasteiger partial charge >= 0.3 is 0 Å². The fourth-order valence-electron chi connectivity index (χ4n) is 2.21. The lowest BCUT2D eigenvalue weighted by atomic mass is 10.1. The molecule has 0 aliphatic heterocycles. The van der Waals surface area contributed by atoms with E-state index in [1.54, 1.807) is 11.3 Å². The van der Waals surface area contributed by atoms with Crippen molar-refractivity contribution < 1.29 is 4.74 Å². The summed E-state index contributed by atoms with van der Waals surface area (Å²) in [6.45, 7) is 7.06. The number of benzene rings is 1. The monoisotopic (exact) mass is 299 g/mol. The van der Waals surface area contributed by atoms with Gasteiger partial charge in [-0.3, -0.25) is 0 Å². The maximum absolute atomic E-state index is 5.58. The van der Waals surface area contributed by atoms with Gasteiger partial charge < -0.3 is 15.0 Å². The lowest BCUT2D eigenvalue weighted by Gasteiger charge is -2.03. The Morgan fingerprint density at radius 1 is 1.48 bits per heavy atom. The average molecular weight is 299 g/mol. The molecule has 0 aliphatic rings. The van der Waals surface area contributed by atoms with Crippen molar-refractivity contribution in [3.63, 3.8) is 0 Å². The number of anilines is 1. The summed E-state index contributed by atoms with van der Waals surface area (Å²) in [4.78, 5) is 7.90. The summed E-state index contributed by atoms with van der Waals surface area (Å²) >= 11 is 1.60. The molecule has 0 fully saturated rings. The minimum atomic E-state index is 0.664. The summed E-state index contributed by atoms with van der Waals surface area (Å²) in [6, 6.07) is 6.07. The number of thiazole rings is 1. The minimum absolute atomic E-state index is 0.664. The molecular weight excluding hydrogens is 282 g/mol.